The molecule has 3 nitrogen and oxygen atoms in total. The SMILES string of the molecule is CC(C)(C)c1ccc(Nc2ccc3ccccc3c2-c2ccc3c4cc5sc6ccccc6c5cc4n4c3c2[B]c2cc3oc5ccccc5c3cc2-4)cc1. The summed E-state index contributed by atoms with van der Waals surface area (Å²) in [6.45, 7) is 6.78. The van der Waals surface area contributed by atoms with Crippen molar-refractivity contribution >= 4 is 116 Å². The van der Waals surface area contributed by atoms with Gasteiger partial charge in [0.2, 0.25) is 0 Å². The Balaban J connectivity index is 1.17. The van der Waals surface area contributed by atoms with Crippen LogP contribution in [0.4, 0.5) is 11.4 Å². The van der Waals surface area contributed by atoms with Crippen LogP contribution in [0.5, 0.6) is 0 Å². The number of hydrogen-bond donors (Lipinski definition) is 1. The first kappa shape index (κ1) is 31.1. The molecule has 8 aromatic carbocycles. The van der Waals surface area contributed by atoms with E-state index >= 15 is 0 Å². The lowest BCUT2D eigenvalue weighted by atomic mass is 9.59. The minimum atomic E-state index is 0.0888. The number of benzene rings is 8. The molecule has 11 aromatic rings. The van der Waals surface area contributed by atoms with E-state index in [1.54, 1.807) is 0 Å². The monoisotopic (exact) mass is 721 g/mol. The van der Waals surface area contributed by atoms with Gasteiger partial charge in [0.05, 0.1) is 5.52 Å². The van der Waals surface area contributed by atoms with Crippen LogP contribution in [0.15, 0.2) is 150 Å². The molecule has 4 heterocycles. The average molecular weight is 722 g/mol. The fraction of sp³-hybridized carbons (Fsp3) is 0.0800. The second-order valence-corrected chi connectivity index (χ2v) is 17.1. The smallest absolute Gasteiger partial charge is 0.198 e. The zero-order valence-electron chi connectivity index (χ0n) is 30.7. The van der Waals surface area contributed by atoms with E-state index in [0.29, 0.717) is 0 Å². The first-order valence-electron chi connectivity index (χ1n) is 19.0. The molecule has 3 aromatic heterocycles. The molecule has 1 N–H and O–H groups in total. The van der Waals surface area contributed by atoms with Crippen LogP contribution in [0.1, 0.15) is 26.3 Å². The standard InChI is InChI=1S/C50H34BN2OS/c1-50(2,3)29-17-19-30(20-18-29)52-40-23-16-28-10-4-5-11-31(28)47(40)35-22-21-34-36-26-46-38(33-13-7-9-15-45(33)55-46)25-41(36)53-42-24-37-32-12-6-8-14-43(32)54-44(37)27-39(42)51-48(35)49(34)53/h4-27,52H,1-3H3. The molecule has 0 aliphatic carbocycles. The van der Waals surface area contributed by atoms with Crippen LogP contribution in [0.3, 0.4) is 0 Å². The van der Waals surface area contributed by atoms with Gasteiger partial charge in [-0.1, -0.05) is 117 Å². The van der Waals surface area contributed by atoms with Gasteiger partial charge in [-0.2, -0.15) is 0 Å². The number of nitrogens with one attached hydrogen (secondary N) is 1. The highest BCUT2D eigenvalue weighted by Crippen LogP contribution is 2.44. The number of furan rings is 1. The highest BCUT2D eigenvalue weighted by Gasteiger charge is 2.29. The normalized spacial score (nSPS) is 12.8. The third-order valence-corrected chi connectivity index (χ3v) is 12.9. The number of thiophene rings is 1. The highest BCUT2D eigenvalue weighted by atomic mass is 32.1. The van der Waals surface area contributed by atoms with E-state index in [4.69, 9.17) is 4.42 Å². The molecule has 1 radical (unpaired) electrons. The number of anilines is 2. The predicted octanol–water partition coefficient (Wildman–Crippen LogP) is 12.9. The van der Waals surface area contributed by atoms with Crippen LogP contribution in [0.2, 0.25) is 0 Å². The molecule has 1 aliphatic heterocycles. The van der Waals surface area contributed by atoms with Crippen LogP contribution in [-0.2, 0) is 5.41 Å². The van der Waals surface area contributed by atoms with Crippen molar-refractivity contribution in [3.8, 4) is 16.8 Å². The maximum absolute atomic E-state index is 6.49. The Hall–Kier alpha value is -6.30. The summed E-state index contributed by atoms with van der Waals surface area (Å²) < 4.78 is 11.7. The maximum Gasteiger partial charge on any atom is 0.198 e. The number of aromatic nitrogens is 1. The third kappa shape index (κ3) is 4.51. The number of para-hydroxylation sites is 1. The van der Waals surface area contributed by atoms with Gasteiger partial charge >= 0.3 is 0 Å². The van der Waals surface area contributed by atoms with Crippen molar-refractivity contribution in [3.05, 3.63) is 151 Å². The van der Waals surface area contributed by atoms with Crippen molar-refractivity contribution < 1.29 is 4.42 Å². The van der Waals surface area contributed by atoms with Gasteiger partial charge in [-0.15, -0.1) is 11.3 Å². The van der Waals surface area contributed by atoms with E-state index in [0.717, 1.165) is 38.8 Å². The Morgan fingerprint density at radius 3 is 2.24 bits per heavy atom. The largest absolute Gasteiger partial charge is 0.456 e. The summed E-state index contributed by atoms with van der Waals surface area (Å²) in [6.07, 6.45) is 0. The lowest BCUT2D eigenvalue weighted by Crippen LogP contribution is -2.37. The topological polar surface area (TPSA) is 30.1 Å². The van der Waals surface area contributed by atoms with Crippen molar-refractivity contribution in [2.24, 2.45) is 0 Å². The number of fused-ring (bicyclic) bond motifs is 12. The maximum atomic E-state index is 6.49. The molecule has 0 bridgehead atoms. The predicted molar refractivity (Wildman–Crippen MR) is 237 cm³/mol. The quantitative estimate of drug-likeness (QED) is 0.184. The zero-order chi connectivity index (χ0) is 36.6. The summed E-state index contributed by atoms with van der Waals surface area (Å²) in [6, 6.07) is 53.5. The minimum absolute atomic E-state index is 0.0888. The summed E-state index contributed by atoms with van der Waals surface area (Å²) in [4.78, 5) is 0. The second kappa shape index (κ2) is 11.1. The molecule has 0 fully saturated rings. The molecule has 0 saturated carbocycles. The van der Waals surface area contributed by atoms with E-state index in [9.17, 15) is 0 Å². The zero-order valence-corrected chi connectivity index (χ0v) is 31.5. The van der Waals surface area contributed by atoms with Gasteiger partial charge < -0.3 is 14.3 Å². The molecular formula is C50H34BN2OS. The van der Waals surface area contributed by atoms with Gasteiger partial charge in [-0.3, -0.25) is 0 Å². The molecule has 55 heavy (non-hydrogen) atoms. The Bertz CT molecular complexity index is 3410. The Labute approximate surface area is 322 Å². The molecule has 0 unspecified atom stereocenters. The molecule has 5 heteroatoms. The van der Waals surface area contributed by atoms with Crippen molar-refractivity contribution in [1.29, 1.82) is 0 Å². The van der Waals surface area contributed by atoms with Gasteiger partial charge in [0.25, 0.3) is 0 Å². The fourth-order valence-electron chi connectivity index (χ4n) is 9.08. The van der Waals surface area contributed by atoms with Gasteiger partial charge in [-0.05, 0) is 87.4 Å². The molecule has 0 spiro atoms. The van der Waals surface area contributed by atoms with Gasteiger partial charge in [0.1, 0.15) is 11.2 Å². The molecule has 1 aliphatic rings. The van der Waals surface area contributed by atoms with Crippen molar-refractivity contribution in [3.63, 3.8) is 0 Å². The van der Waals surface area contributed by atoms with E-state index in [-0.39, 0.29) is 5.41 Å². The molecule has 0 atom stereocenters. The summed E-state index contributed by atoms with van der Waals surface area (Å²) >= 11 is 1.88. The third-order valence-electron chi connectivity index (χ3n) is 11.8. The molecule has 259 valence electrons. The average Bonchev–Trinajstić information content (AvgIpc) is 3.86. The Morgan fingerprint density at radius 1 is 0.600 bits per heavy atom. The van der Waals surface area contributed by atoms with Gasteiger partial charge in [0.15, 0.2) is 7.28 Å². The lowest BCUT2D eigenvalue weighted by Gasteiger charge is -2.25. The van der Waals surface area contributed by atoms with E-state index in [1.807, 2.05) is 17.4 Å². The molecular weight excluding hydrogens is 687 g/mol. The highest BCUT2D eigenvalue weighted by molar-refractivity contribution is 7.25. The molecule has 0 saturated heterocycles. The van der Waals surface area contributed by atoms with E-state index in [2.05, 4.69) is 177 Å². The number of nitrogens with zero attached hydrogens (tertiary/aromatic N) is 1. The second-order valence-electron chi connectivity index (χ2n) is 16.0. The number of hydrogen-bond acceptors (Lipinski definition) is 3. The molecule has 0 amide bonds. The van der Waals surface area contributed by atoms with Crippen LogP contribution >= 0.6 is 11.3 Å². The van der Waals surface area contributed by atoms with Crippen molar-refractivity contribution in [1.82, 2.24) is 4.57 Å². The van der Waals surface area contributed by atoms with Gasteiger partial charge in [0, 0.05) is 69.9 Å². The number of rotatable bonds is 3. The van der Waals surface area contributed by atoms with E-state index in [1.165, 1.54) is 80.6 Å². The first-order chi connectivity index (χ1) is 26.9. The summed E-state index contributed by atoms with van der Waals surface area (Å²) in [5, 5.41) is 13.7. The van der Waals surface area contributed by atoms with Crippen LogP contribution in [-0.4, -0.2) is 11.8 Å². The van der Waals surface area contributed by atoms with Crippen molar-refractivity contribution in [2.45, 2.75) is 26.2 Å². The minimum Gasteiger partial charge on any atom is -0.456 e. The Morgan fingerprint density at radius 2 is 1.38 bits per heavy atom. The van der Waals surface area contributed by atoms with Crippen LogP contribution in [0, 0.1) is 0 Å². The molecule has 12 rings (SSSR count). The first-order valence-corrected chi connectivity index (χ1v) is 19.8. The van der Waals surface area contributed by atoms with Crippen molar-refractivity contribution in [2.75, 3.05) is 5.32 Å². The van der Waals surface area contributed by atoms with Gasteiger partial charge in [-0.25, -0.2) is 0 Å². The van der Waals surface area contributed by atoms with Crippen LogP contribution < -0.4 is 16.2 Å². The van der Waals surface area contributed by atoms with Crippen LogP contribution in [0.25, 0.3) is 91.5 Å². The van der Waals surface area contributed by atoms with E-state index < -0.39 is 0 Å². The fourth-order valence-corrected chi connectivity index (χ4v) is 10.2. The summed E-state index contributed by atoms with van der Waals surface area (Å²) in [5.74, 6) is 0. The summed E-state index contributed by atoms with van der Waals surface area (Å²) in [7, 11) is 2.40. The lowest BCUT2D eigenvalue weighted by molar-refractivity contribution is 0.590. The summed E-state index contributed by atoms with van der Waals surface area (Å²) in [5.41, 5.74) is 13.8. The Kier molecular flexibility index (Phi) is 6.29.